The van der Waals surface area contributed by atoms with E-state index in [4.69, 9.17) is 9.26 Å². The summed E-state index contributed by atoms with van der Waals surface area (Å²) >= 11 is 0. The molecule has 0 spiro atoms. The summed E-state index contributed by atoms with van der Waals surface area (Å²) in [4.78, 5) is 23.7. The van der Waals surface area contributed by atoms with Gasteiger partial charge in [-0.3, -0.25) is 4.79 Å². The molecule has 7 nitrogen and oxygen atoms in total. The van der Waals surface area contributed by atoms with Gasteiger partial charge in [-0.1, -0.05) is 12.1 Å². The van der Waals surface area contributed by atoms with Crippen molar-refractivity contribution in [3.8, 4) is 17.4 Å². The van der Waals surface area contributed by atoms with Crippen LogP contribution < -0.4 is 4.74 Å². The topological polar surface area (TPSA) is 91.0 Å². The number of ether oxygens (including phenoxy) is 1. The number of aromatic nitrogens is 4. The Hall–Kier alpha value is -2.31. The van der Waals surface area contributed by atoms with E-state index in [1.165, 1.54) is 13.4 Å². The van der Waals surface area contributed by atoms with E-state index < -0.39 is 5.92 Å². The Labute approximate surface area is 110 Å². The fourth-order valence-electron chi connectivity index (χ4n) is 1.53. The smallest absolute Gasteiger partial charge is 0.237 e. The third kappa shape index (κ3) is 2.75. The highest BCUT2D eigenvalue weighted by molar-refractivity contribution is 5.84. The SMILES string of the molecule is CCC(=O)C(C)c1nc(-c2cc(OC)ncn2)no1. The maximum absolute atomic E-state index is 11.6. The van der Waals surface area contributed by atoms with E-state index in [1.807, 2.05) is 0 Å². The average Bonchev–Trinajstić information content (AvgIpc) is 2.95. The van der Waals surface area contributed by atoms with Crippen LogP contribution in [0.4, 0.5) is 0 Å². The molecular weight excluding hydrogens is 248 g/mol. The van der Waals surface area contributed by atoms with Crippen LogP contribution in [0.15, 0.2) is 16.9 Å². The van der Waals surface area contributed by atoms with Crippen LogP contribution in [-0.2, 0) is 4.79 Å². The summed E-state index contributed by atoms with van der Waals surface area (Å²) in [6.07, 6.45) is 1.78. The van der Waals surface area contributed by atoms with Crippen molar-refractivity contribution < 1.29 is 14.1 Å². The van der Waals surface area contributed by atoms with Gasteiger partial charge >= 0.3 is 0 Å². The maximum atomic E-state index is 11.6. The van der Waals surface area contributed by atoms with Crippen LogP contribution in [0.25, 0.3) is 11.5 Å². The number of hydrogen-bond donors (Lipinski definition) is 0. The molecule has 0 saturated heterocycles. The first-order valence-electron chi connectivity index (χ1n) is 5.88. The normalized spacial score (nSPS) is 12.2. The van der Waals surface area contributed by atoms with Gasteiger partial charge in [-0.05, 0) is 6.92 Å². The monoisotopic (exact) mass is 262 g/mol. The Kier molecular flexibility index (Phi) is 3.84. The van der Waals surface area contributed by atoms with Gasteiger partial charge in [0.05, 0.1) is 13.0 Å². The number of nitrogens with zero attached hydrogens (tertiary/aromatic N) is 4. The van der Waals surface area contributed by atoms with Crippen LogP contribution in [-0.4, -0.2) is 33.0 Å². The molecule has 2 aromatic heterocycles. The van der Waals surface area contributed by atoms with Crippen molar-refractivity contribution in [1.82, 2.24) is 20.1 Å². The lowest BCUT2D eigenvalue weighted by Gasteiger charge is -2.01. The van der Waals surface area contributed by atoms with Crippen LogP contribution in [0, 0.1) is 0 Å². The lowest BCUT2D eigenvalue weighted by atomic mass is 10.1. The molecular formula is C12H14N4O3. The van der Waals surface area contributed by atoms with E-state index in [9.17, 15) is 4.79 Å². The van der Waals surface area contributed by atoms with E-state index >= 15 is 0 Å². The molecule has 7 heteroatoms. The predicted molar refractivity (Wildman–Crippen MR) is 65.6 cm³/mol. The van der Waals surface area contributed by atoms with Gasteiger partial charge in [-0.15, -0.1) is 0 Å². The predicted octanol–water partition coefficient (Wildman–Crippen LogP) is 1.62. The van der Waals surface area contributed by atoms with Crippen molar-refractivity contribution in [2.75, 3.05) is 7.11 Å². The number of carbonyl (C=O) groups excluding carboxylic acids is 1. The minimum atomic E-state index is -0.407. The molecule has 19 heavy (non-hydrogen) atoms. The average molecular weight is 262 g/mol. The van der Waals surface area contributed by atoms with Gasteiger partial charge in [0, 0.05) is 12.5 Å². The molecule has 0 N–H and O–H groups in total. The Morgan fingerprint density at radius 3 is 2.95 bits per heavy atom. The number of methoxy groups -OCH3 is 1. The summed E-state index contributed by atoms with van der Waals surface area (Å²) in [6, 6.07) is 1.60. The van der Waals surface area contributed by atoms with E-state index in [-0.39, 0.29) is 5.78 Å². The molecule has 2 aromatic rings. The van der Waals surface area contributed by atoms with Crippen molar-refractivity contribution in [2.24, 2.45) is 0 Å². The van der Waals surface area contributed by atoms with Crippen molar-refractivity contribution in [1.29, 1.82) is 0 Å². The Morgan fingerprint density at radius 1 is 1.47 bits per heavy atom. The van der Waals surface area contributed by atoms with E-state index in [0.717, 1.165) is 0 Å². The van der Waals surface area contributed by atoms with Gasteiger partial charge in [0.15, 0.2) is 0 Å². The summed E-state index contributed by atoms with van der Waals surface area (Å²) in [5.41, 5.74) is 0.484. The highest BCUT2D eigenvalue weighted by Crippen LogP contribution is 2.21. The molecule has 0 fully saturated rings. The zero-order chi connectivity index (χ0) is 13.8. The third-order valence-electron chi connectivity index (χ3n) is 2.72. The van der Waals surface area contributed by atoms with Gasteiger partial charge in [0.1, 0.15) is 17.8 Å². The Morgan fingerprint density at radius 2 is 2.26 bits per heavy atom. The molecule has 1 unspecified atom stereocenters. The van der Waals surface area contributed by atoms with Gasteiger partial charge < -0.3 is 9.26 Å². The van der Waals surface area contributed by atoms with E-state index in [1.54, 1.807) is 19.9 Å². The van der Waals surface area contributed by atoms with Crippen LogP contribution in [0.1, 0.15) is 32.1 Å². The maximum Gasteiger partial charge on any atom is 0.237 e. The minimum Gasteiger partial charge on any atom is -0.481 e. The summed E-state index contributed by atoms with van der Waals surface area (Å²) in [5.74, 6) is 0.658. The Bertz CT molecular complexity index is 582. The molecule has 0 saturated carbocycles. The molecule has 0 radical (unpaired) electrons. The molecule has 0 aliphatic rings. The molecule has 2 heterocycles. The van der Waals surface area contributed by atoms with Crippen LogP contribution in [0.5, 0.6) is 5.88 Å². The van der Waals surface area contributed by atoms with Crippen molar-refractivity contribution in [3.05, 3.63) is 18.3 Å². The zero-order valence-corrected chi connectivity index (χ0v) is 11.0. The van der Waals surface area contributed by atoms with Gasteiger partial charge in [-0.25, -0.2) is 9.97 Å². The molecule has 0 aromatic carbocycles. The zero-order valence-electron chi connectivity index (χ0n) is 11.0. The van der Waals surface area contributed by atoms with Crippen LogP contribution in [0.3, 0.4) is 0 Å². The molecule has 1 atom stereocenters. The Balaban J connectivity index is 2.27. The largest absolute Gasteiger partial charge is 0.481 e. The molecule has 2 rings (SSSR count). The van der Waals surface area contributed by atoms with Crippen LogP contribution >= 0.6 is 0 Å². The van der Waals surface area contributed by atoms with Gasteiger partial charge in [0.25, 0.3) is 0 Å². The summed E-state index contributed by atoms with van der Waals surface area (Å²) in [6.45, 7) is 3.54. The van der Waals surface area contributed by atoms with E-state index in [2.05, 4.69) is 20.1 Å². The lowest BCUT2D eigenvalue weighted by molar-refractivity contribution is -0.120. The van der Waals surface area contributed by atoms with Crippen molar-refractivity contribution in [3.63, 3.8) is 0 Å². The molecule has 0 amide bonds. The first-order chi connectivity index (χ1) is 9.15. The fraction of sp³-hybridized carbons (Fsp3) is 0.417. The first kappa shape index (κ1) is 13.1. The standard InChI is InChI=1S/C12H14N4O3/c1-4-9(17)7(2)12-15-11(16-19-12)8-5-10(18-3)14-6-13-8/h5-7H,4H2,1-3H3. The third-order valence-corrected chi connectivity index (χ3v) is 2.72. The quantitative estimate of drug-likeness (QED) is 0.808. The summed E-state index contributed by atoms with van der Waals surface area (Å²) < 4.78 is 10.1. The highest BCUT2D eigenvalue weighted by atomic mass is 16.5. The second-order valence-electron chi connectivity index (χ2n) is 3.94. The van der Waals surface area contributed by atoms with Crippen molar-refractivity contribution >= 4 is 5.78 Å². The number of hydrogen-bond acceptors (Lipinski definition) is 7. The number of carbonyl (C=O) groups is 1. The summed E-state index contributed by atoms with van der Waals surface area (Å²) in [5, 5.41) is 3.82. The van der Waals surface area contributed by atoms with Crippen LogP contribution in [0.2, 0.25) is 0 Å². The molecule has 0 aliphatic carbocycles. The lowest BCUT2D eigenvalue weighted by Crippen LogP contribution is -2.07. The first-order valence-corrected chi connectivity index (χ1v) is 5.88. The van der Waals surface area contributed by atoms with E-state index in [0.29, 0.717) is 29.7 Å². The molecule has 100 valence electrons. The number of Topliss-reactive ketones (excluding diaryl/α,β-unsaturated/α-hetero) is 1. The number of ketones is 1. The second kappa shape index (κ2) is 5.55. The minimum absolute atomic E-state index is 0.0514. The summed E-state index contributed by atoms with van der Waals surface area (Å²) in [7, 11) is 1.51. The second-order valence-corrected chi connectivity index (χ2v) is 3.94. The van der Waals surface area contributed by atoms with Gasteiger partial charge in [-0.2, -0.15) is 4.98 Å². The van der Waals surface area contributed by atoms with Gasteiger partial charge in [0.2, 0.25) is 17.6 Å². The fourth-order valence-corrected chi connectivity index (χ4v) is 1.53. The molecule has 0 bridgehead atoms. The molecule has 0 aliphatic heterocycles. The van der Waals surface area contributed by atoms with Crippen molar-refractivity contribution in [2.45, 2.75) is 26.2 Å². The number of rotatable bonds is 5. The highest BCUT2D eigenvalue weighted by Gasteiger charge is 2.21.